The minimum atomic E-state index is -0.225. The molecule has 1 rings (SSSR count). The molecule has 148 valence electrons. The number of amides is 1. The average molecular weight is 356 g/mol. The molecular weight excluding hydrogens is 314 g/mol. The molecule has 0 spiro atoms. The van der Waals surface area contributed by atoms with Crippen LogP contribution >= 0.6 is 0 Å². The van der Waals surface area contributed by atoms with Crippen molar-refractivity contribution in [3.05, 3.63) is 0 Å². The lowest BCUT2D eigenvalue weighted by Crippen LogP contribution is -2.52. The van der Waals surface area contributed by atoms with Gasteiger partial charge in [0.05, 0.1) is 0 Å². The van der Waals surface area contributed by atoms with Gasteiger partial charge in [0.2, 0.25) is 5.91 Å². The van der Waals surface area contributed by atoms with Gasteiger partial charge >= 0.3 is 0 Å². The average Bonchev–Trinajstić information content (AvgIpc) is 2.45. The van der Waals surface area contributed by atoms with Crippen molar-refractivity contribution in [2.45, 2.75) is 84.0 Å². The molecule has 0 saturated carbocycles. The largest absolute Gasteiger partial charge is 0.370 e. The lowest BCUT2D eigenvalue weighted by Gasteiger charge is -2.38. The standard InChI is InChI=1S/C19H41N5O/c1-15-13-18(3,4)23-10-12-24(11-7-17(20)25)16(2)14-19(5,6)22-9-8-21-15/h15-16,21-23H,7-14H2,1-6H3,(H2,20,25)/t15?,16-/m1/s1. The minimum absolute atomic E-state index is 0.0616. The fraction of sp³-hybridized carbons (Fsp3) is 0.947. The highest BCUT2D eigenvalue weighted by molar-refractivity contribution is 5.73. The zero-order valence-corrected chi connectivity index (χ0v) is 17.2. The Balaban J connectivity index is 2.79. The summed E-state index contributed by atoms with van der Waals surface area (Å²) in [7, 11) is 0. The van der Waals surface area contributed by atoms with Gasteiger partial charge in [0.25, 0.3) is 0 Å². The Bertz CT molecular complexity index is 411. The van der Waals surface area contributed by atoms with E-state index in [2.05, 4.69) is 62.4 Å². The van der Waals surface area contributed by atoms with E-state index in [0.717, 1.165) is 45.6 Å². The molecule has 1 fully saturated rings. The Hall–Kier alpha value is -0.690. The lowest BCUT2D eigenvalue weighted by atomic mass is 9.94. The number of hydrogen-bond donors (Lipinski definition) is 4. The van der Waals surface area contributed by atoms with Gasteiger partial charge in [0.1, 0.15) is 0 Å². The van der Waals surface area contributed by atoms with E-state index < -0.39 is 0 Å². The molecule has 25 heavy (non-hydrogen) atoms. The fourth-order valence-electron chi connectivity index (χ4n) is 3.91. The number of nitrogens with one attached hydrogen (secondary N) is 3. The summed E-state index contributed by atoms with van der Waals surface area (Å²) in [4.78, 5) is 13.6. The molecular formula is C19H41N5O. The Morgan fingerprint density at radius 3 is 2.28 bits per heavy atom. The predicted molar refractivity (Wildman–Crippen MR) is 106 cm³/mol. The molecule has 0 aromatic heterocycles. The summed E-state index contributed by atoms with van der Waals surface area (Å²) in [5, 5.41) is 11.0. The summed E-state index contributed by atoms with van der Waals surface area (Å²) in [5.74, 6) is -0.225. The van der Waals surface area contributed by atoms with Crippen LogP contribution in [-0.4, -0.2) is 66.7 Å². The van der Waals surface area contributed by atoms with Gasteiger partial charge in [-0.1, -0.05) is 0 Å². The van der Waals surface area contributed by atoms with E-state index >= 15 is 0 Å². The van der Waals surface area contributed by atoms with Gasteiger partial charge in [-0.15, -0.1) is 0 Å². The van der Waals surface area contributed by atoms with Crippen molar-refractivity contribution in [2.75, 3.05) is 32.7 Å². The third-order valence-corrected chi connectivity index (χ3v) is 5.11. The van der Waals surface area contributed by atoms with Gasteiger partial charge in [-0.05, 0) is 54.4 Å². The van der Waals surface area contributed by atoms with E-state index in [4.69, 9.17) is 5.73 Å². The van der Waals surface area contributed by atoms with Crippen LogP contribution in [0, 0.1) is 0 Å². The monoisotopic (exact) mass is 355 g/mol. The molecule has 1 aliphatic rings. The molecule has 0 bridgehead atoms. The minimum Gasteiger partial charge on any atom is -0.370 e. The first kappa shape index (κ1) is 22.4. The summed E-state index contributed by atoms with van der Waals surface area (Å²) < 4.78 is 0. The van der Waals surface area contributed by atoms with Gasteiger partial charge in [0, 0.05) is 62.3 Å². The second-order valence-electron chi connectivity index (χ2n) is 8.99. The number of carbonyl (C=O) groups is 1. The van der Waals surface area contributed by atoms with Gasteiger partial charge in [0.15, 0.2) is 0 Å². The van der Waals surface area contributed by atoms with E-state index in [1.165, 1.54) is 0 Å². The third kappa shape index (κ3) is 9.54. The van der Waals surface area contributed by atoms with Gasteiger partial charge < -0.3 is 21.7 Å². The number of hydrogen-bond acceptors (Lipinski definition) is 5. The highest BCUT2D eigenvalue weighted by Gasteiger charge is 2.26. The van der Waals surface area contributed by atoms with Crippen LogP contribution in [0.3, 0.4) is 0 Å². The summed E-state index contributed by atoms with van der Waals surface area (Å²) >= 11 is 0. The second-order valence-corrected chi connectivity index (χ2v) is 8.99. The van der Waals surface area contributed by atoms with E-state index in [-0.39, 0.29) is 17.0 Å². The lowest BCUT2D eigenvalue weighted by molar-refractivity contribution is -0.118. The normalized spacial score (nSPS) is 29.7. The number of primary amides is 1. The van der Waals surface area contributed by atoms with Crippen molar-refractivity contribution in [1.29, 1.82) is 0 Å². The van der Waals surface area contributed by atoms with Gasteiger partial charge in [-0.3, -0.25) is 9.69 Å². The maximum atomic E-state index is 11.2. The van der Waals surface area contributed by atoms with E-state index in [0.29, 0.717) is 18.5 Å². The first-order chi connectivity index (χ1) is 11.5. The van der Waals surface area contributed by atoms with Crippen LogP contribution in [0.1, 0.15) is 60.8 Å². The smallest absolute Gasteiger partial charge is 0.218 e. The van der Waals surface area contributed by atoms with Crippen molar-refractivity contribution in [3.63, 3.8) is 0 Å². The third-order valence-electron chi connectivity index (χ3n) is 5.11. The van der Waals surface area contributed by atoms with E-state index in [9.17, 15) is 4.79 Å². The summed E-state index contributed by atoms with van der Waals surface area (Å²) in [5.41, 5.74) is 5.52. The molecule has 1 heterocycles. The molecule has 1 unspecified atom stereocenters. The van der Waals surface area contributed by atoms with Crippen LogP contribution in [0.2, 0.25) is 0 Å². The molecule has 2 atom stereocenters. The maximum Gasteiger partial charge on any atom is 0.218 e. The quantitative estimate of drug-likeness (QED) is 0.609. The first-order valence-corrected chi connectivity index (χ1v) is 9.76. The summed E-state index contributed by atoms with van der Waals surface area (Å²) in [6, 6.07) is 0.863. The zero-order valence-electron chi connectivity index (χ0n) is 17.2. The Labute approximate surface area is 154 Å². The van der Waals surface area contributed by atoms with E-state index in [1.54, 1.807) is 0 Å². The molecule has 0 radical (unpaired) electrons. The first-order valence-electron chi connectivity index (χ1n) is 9.76. The summed E-state index contributed by atoms with van der Waals surface area (Å²) in [6.45, 7) is 18.0. The molecule has 0 aromatic rings. The van der Waals surface area contributed by atoms with Crippen molar-refractivity contribution in [1.82, 2.24) is 20.9 Å². The van der Waals surface area contributed by atoms with Crippen LogP contribution in [0.25, 0.3) is 0 Å². The number of nitrogens with two attached hydrogens (primary N) is 1. The van der Waals surface area contributed by atoms with Crippen LogP contribution < -0.4 is 21.7 Å². The molecule has 1 aliphatic heterocycles. The molecule has 0 aromatic carbocycles. The van der Waals surface area contributed by atoms with Gasteiger partial charge in [-0.2, -0.15) is 0 Å². The highest BCUT2D eigenvalue weighted by atomic mass is 16.1. The number of carbonyl (C=O) groups excluding carboxylic acids is 1. The van der Waals surface area contributed by atoms with Crippen molar-refractivity contribution in [3.8, 4) is 0 Å². The topological polar surface area (TPSA) is 82.4 Å². The van der Waals surface area contributed by atoms with E-state index in [1.807, 2.05) is 0 Å². The van der Waals surface area contributed by atoms with Crippen molar-refractivity contribution in [2.24, 2.45) is 5.73 Å². The Kier molecular flexibility index (Phi) is 8.81. The van der Waals surface area contributed by atoms with Crippen LogP contribution in [0.4, 0.5) is 0 Å². The predicted octanol–water partition coefficient (Wildman–Crippen LogP) is 1.06. The van der Waals surface area contributed by atoms with Crippen LogP contribution in [0.15, 0.2) is 0 Å². The fourth-order valence-corrected chi connectivity index (χ4v) is 3.91. The number of rotatable bonds is 3. The molecule has 0 aliphatic carbocycles. The van der Waals surface area contributed by atoms with Crippen molar-refractivity contribution < 1.29 is 4.79 Å². The molecule has 5 N–H and O–H groups in total. The second kappa shape index (κ2) is 9.86. The van der Waals surface area contributed by atoms with Crippen molar-refractivity contribution >= 4 is 5.91 Å². The van der Waals surface area contributed by atoms with Crippen LogP contribution in [-0.2, 0) is 4.79 Å². The molecule has 6 heteroatoms. The molecule has 6 nitrogen and oxygen atoms in total. The SMILES string of the molecule is CC1CC(C)(C)NCCN(CCC(N)=O)[C@H](C)CC(C)(C)NCCN1. The Morgan fingerprint density at radius 1 is 1.04 bits per heavy atom. The molecule has 1 saturated heterocycles. The summed E-state index contributed by atoms with van der Waals surface area (Å²) in [6.07, 6.45) is 2.53. The van der Waals surface area contributed by atoms with Gasteiger partial charge in [-0.25, -0.2) is 0 Å². The maximum absolute atomic E-state index is 11.2. The highest BCUT2D eigenvalue weighted by Crippen LogP contribution is 2.17. The van der Waals surface area contributed by atoms with Crippen LogP contribution in [0.5, 0.6) is 0 Å². The Morgan fingerprint density at radius 2 is 1.64 bits per heavy atom. The molecule has 1 amide bonds. The number of nitrogens with zero attached hydrogens (tertiary/aromatic N) is 1. The zero-order chi connectivity index (χ0) is 19.1.